The van der Waals surface area contributed by atoms with Crippen LogP contribution in [-0.2, 0) is 4.79 Å². The third-order valence-electron chi connectivity index (χ3n) is 3.63. The fraction of sp³-hybridized carbons (Fsp3) is 0.286. The molecular formula is C14H14F2N2O3. The van der Waals surface area contributed by atoms with Crippen LogP contribution in [0.25, 0.3) is 0 Å². The molecule has 1 heterocycles. The topological polar surface area (TPSA) is 60.9 Å². The van der Waals surface area contributed by atoms with Gasteiger partial charge in [-0.15, -0.1) is 0 Å². The monoisotopic (exact) mass is 296 g/mol. The lowest BCUT2D eigenvalue weighted by Crippen LogP contribution is -2.47. The number of carbonyl (C=O) groups excluding carboxylic acids is 1. The normalized spacial score (nSPS) is 19.3. The van der Waals surface area contributed by atoms with Crippen LogP contribution >= 0.6 is 0 Å². The van der Waals surface area contributed by atoms with E-state index in [-0.39, 0.29) is 16.8 Å². The number of rotatable bonds is 2. The molecular weight excluding hydrogens is 282 g/mol. The van der Waals surface area contributed by atoms with E-state index in [0.717, 1.165) is 12.1 Å². The van der Waals surface area contributed by atoms with Gasteiger partial charge in [0.2, 0.25) is 0 Å². The minimum absolute atomic E-state index is 0.0504. The van der Waals surface area contributed by atoms with Gasteiger partial charge in [0.1, 0.15) is 0 Å². The van der Waals surface area contributed by atoms with Crippen molar-refractivity contribution in [3.05, 3.63) is 46.7 Å². The van der Waals surface area contributed by atoms with Crippen molar-refractivity contribution in [3.8, 4) is 0 Å². The standard InChI is InChI=1S/C14H14F2N2O3/c1-7-11(13(19)20)12(18(3)14(21)17(7)2)8-4-5-9(15)10(16)6-8/h4-6,12H,1-3H3,(H,19,20)/t12-/m1/s1. The summed E-state index contributed by atoms with van der Waals surface area (Å²) in [6.45, 7) is 1.50. The number of carbonyl (C=O) groups is 2. The first kappa shape index (κ1) is 15.0. The average Bonchev–Trinajstić information content (AvgIpc) is 2.43. The summed E-state index contributed by atoms with van der Waals surface area (Å²) in [7, 11) is 2.87. The van der Waals surface area contributed by atoms with Crippen molar-refractivity contribution in [3.63, 3.8) is 0 Å². The highest BCUT2D eigenvalue weighted by atomic mass is 19.2. The molecule has 0 bridgehead atoms. The molecule has 1 N–H and O–H groups in total. The SMILES string of the molecule is CC1=C(C(=O)O)[C@@H](c2ccc(F)c(F)c2)N(C)C(=O)N1C. The van der Waals surface area contributed by atoms with Crippen molar-refractivity contribution in [2.45, 2.75) is 13.0 Å². The zero-order chi connectivity index (χ0) is 15.9. The largest absolute Gasteiger partial charge is 0.478 e. The smallest absolute Gasteiger partial charge is 0.335 e. The summed E-state index contributed by atoms with van der Waals surface area (Å²) in [6, 6.07) is 1.70. The van der Waals surface area contributed by atoms with Gasteiger partial charge in [-0.2, -0.15) is 0 Å². The Morgan fingerprint density at radius 2 is 1.86 bits per heavy atom. The molecule has 1 atom stereocenters. The maximum Gasteiger partial charge on any atom is 0.335 e. The maximum absolute atomic E-state index is 13.4. The molecule has 0 aromatic heterocycles. The number of nitrogens with zero attached hydrogens (tertiary/aromatic N) is 2. The van der Waals surface area contributed by atoms with Crippen molar-refractivity contribution in [2.24, 2.45) is 0 Å². The van der Waals surface area contributed by atoms with Gasteiger partial charge in [-0.05, 0) is 24.6 Å². The Morgan fingerprint density at radius 1 is 1.24 bits per heavy atom. The van der Waals surface area contributed by atoms with Crippen molar-refractivity contribution < 1.29 is 23.5 Å². The van der Waals surface area contributed by atoms with E-state index in [0.29, 0.717) is 0 Å². The molecule has 0 spiro atoms. The van der Waals surface area contributed by atoms with E-state index >= 15 is 0 Å². The summed E-state index contributed by atoms with van der Waals surface area (Å²) in [5.74, 6) is -3.33. The van der Waals surface area contributed by atoms with Gasteiger partial charge in [-0.25, -0.2) is 18.4 Å². The van der Waals surface area contributed by atoms with Crippen LogP contribution in [-0.4, -0.2) is 41.0 Å². The number of carboxylic acid groups (broad SMARTS) is 1. The van der Waals surface area contributed by atoms with Crippen LogP contribution < -0.4 is 0 Å². The molecule has 0 unspecified atom stereocenters. The Kier molecular flexibility index (Phi) is 3.67. The van der Waals surface area contributed by atoms with Gasteiger partial charge in [0.05, 0.1) is 11.6 Å². The van der Waals surface area contributed by atoms with Gasteiger partial charge in [0.25, 0.3) is 0 Å². The molecule has 1 aromatic rings. The number of hydrogen-bond acceptors (Lipinski definition) is 2. The first-order valence-corrected chi connectivity index (χ1v) is 6.15. The predicted molar refractivity (Wildman–Crippen MR) is 70.4 cm³/mol. The van der Waals surface area contributed by atoms with Crippen LogP contribution in [0.1, 0.15) is 18.5 Å². The number of urea groups is 1. The van der Waals surface area contributed by atoms with Crippen molar-refractivity contribution in [1.82, 2.24) is 9.80 Å². The third-order valence-corrected chi connectivity index (χ3v) is 3.63. The number of hydrogen-bond donors (Lipinski definition) is 1. The van der Waals surface area contributed by atoms with Crippen LogP contribution in [0.15, 0.2) is 29.5 Å². The fourth-order valence-corrected chi connectivity index (χ4v) is 2.41. The number of likely N-dealkylation sites (N-methyl/N-ethyl adjacent to an activating group) is 1. The molecule has 5 nitrogen and oxygen atoms in total. The van der Waals surface area contributed by atoms with Crippen molar-refractivity contribution >= 4 is 12.0 Å². The van der Waals surface area contributed by atoms with Gasteiger partial charge >= 0.3 is 12.0 Å². The summed E-state index contributed by atoms with van der Waals surface area (Å²) in [6.07, 6.45) is 0. The molecule has 1 aromatic carbocycles. The first-order valence-electron chi connectivity index (χ1n) is 6.15. The van der Waals surface area contributed by atoms with Crippen molar-refractivity contribution in [1.29, 1.82) is 0 Å². The lowest BCUT2D eigenvalue weighted by Gasteiger charge is -2.39. The van der Waals surface area contributed by atoms with E-state index < -0.39 is 29.7 Å². The molecule has 7 heteroatoms. The number of halogens is 2. The highest BCUT2D eigenvalue weighted by Crippen LogP contribution is 2.35. The zero-order valence-electron chi connectivity index (χ0n) is 11.7. The summed E-state index contributed by atoms with van der Waals surface area (Å²) in [5.41, 5.74) is 0.417. The molecule has 21 heavy (non-hydrogen) atoms. The van der Waals surface area contributed by atoms with E-state index in [2.05, 4.69) is 0 Å². The second-order valence-electron chi connectivity index (χ2n) is 4.83. The van der Waals surface area contributed by atoms with Crippen LogP contribution in [0, 0.1) is 11.6 Å². The Morgan fingerprint density at radius 3 is 2.38 bits per heavy atom. The molecule has 0 radical (unpaired) electrons. The Balaban J connectivity index is 2.65. The van der Waals surface area contributed by atoms with Crippen LogP contribution in [0.5, 0.6) is 0 Å². The lowest BCUT2D eigenvalue weighted by molar-refractivity contribution is -0.133. The molecule has 0 saturated heterocycles. The van der Waals surface area contributed by atoms with Gasteiger partial charge in [0, 0.05) is 19.8 Å². The van der Waals surface area contributed by atoms with E-state index in [9.17, 15) is 23.5 Å². The molecule has 112 valence electrons. The summed E-state index contributed by atoms with van der Waals surface area (Å²) in [4.78, 5) is 26.0. The van der Waals surface area contributed by atoms with Crippen LogP contribution in [0.4, 0.5) is 13.6 Å². The Hall–Kier alpha value is -2.44. The average molecular weight is 296 g/mol. The molecule has 0 saturated carbocycles. The third kappa shape index (κ3) is 2.35. The number of aliphatic carboxylic acids is 1. The van der Waals surface area contributed by atoms with Crippen molar-refractivity contribution in [2.75, 3.05) is 14.1 Å². The second kappa shape index (κ2) is 5.16. The fourth-order valence-electron chi connectivity index (χ4n) is 2.41. The van der Waals surface area contributed by atoms with E-state index in [4.69, 9.17) is 0 Å². The molecule has 2 amide bonds. The quantitative estimate of drug-likeness (QED) is 0.911. The van der Waals surface area contributed by atoms with Gasteiger partial charge in [-0.1, -0.05) is 6.07 Å². The van der Waals surface area contributed by atoms with Crippen LogP contribution in [0.2, 0.25) is 0 Å². The maximum atomic E-state index is 13.4. The number of benzene rings is 1. The van der Waals surface area contributed by atoms with Gasteiger partial charge in [-0.3, -0.25) is 0 Å². The molecule has 0 fully saturated rings. The highest BCUT2D eigenvalue weighted by molar-refractivity contribution is 5.93. The first-order chi connectivity index (χ1) is 9.75. The van der Waals surface area contributed by atoms with Gasteiger partial charge < -0.3 is 14.9 Å². The Bertz CT molecular complexity index is 658. The summed E-state index contributed by atoms with van der Waals surface area (Å²) in [5, 5.41) is 9.40. The molecule has 1 aliphatic rings. The second-order valence-corrected chi connectivity index (χ2v) is 4.83. The molecule has 2 rings (SSSR count). The number of amides is 2. The van der Waals surface area contributed by atoms with E-state index in [1.165, 1.54) is 36.9 Å². The zero-order valence-corrected chi connectivity index (χ0v) is 11.7. The lowest BCUT2D eigenvalue weighted by atomic mass is 9.93. The summed E-state index contributed by atoms with van der Waals surface area (Å²) >= 11 is 0. The highest BCUT2D eigenvalue weighted by Gasteiger charge is 2.38. The van der Waals surface area contributed by atoms with Gasteiger partial charge in [0.15, 0.2) is 11.6 Å². The summed E-state index contributed by atoms with van der Waals surface area (Å²) < 4.78 is 26.5. The van der Waals surface area contributed by atoms with E-state index in [1.54, 1.807) is 0 Å². The van der Waals surface area contributed by atoms with Crippen LogP contribution in [0.3, 0.4) is 0 Å². The number of carboxylic acids is 1. The van der Waals surface area contributed by atoms with E-state index in [1.807, 2.05) is 0 Å². The minimum atomic E-state index is -1.21. The minimum Gasteiger partial charge on any atom is -0.478 e. The molecule has 1 aliphatic heterocycles. The number of allylic oxidation sites excluding steroid dienone is 1. The Labute approximate surface area is 120 Å². The molecule has 0 aliphatic carbocycles. The predicted octanol–water partition coefficient (Wildman–Crippen LogP) is 2.36.